The van der Waals surface area contributed by atoms with Crippen LogP contribution in [-0.2, 0) is 4.79 Å². The average Bonchev–Trinajstić information content (AvgIpc) is 2.39. The summed E-state index contributed by atoms with van der Waals surface area (Å²) in [6, 6.07) is 9.28. The molecule has 1 fully saturated rings. The molecule has 0 aromatic heterocycles. The number of nitrogens with zero attached hydrogens (tertiary/aromatic N) is 1. The molecule has 0 bridgehead atoms. The van der Waals surface area contributed by atoms with Crippen molar-refractivity contribution in [2.75, 3.05) is 6.54 Å². The number of nitrogens with one attached hydrogen (secondary N) is 1. The molecule has 2 rings (SSSR count). The summed E-state index contributed by atoms with van der Waals surface area (Å²) in [5.74, 6) is -0.0974. The molecule has 0 radical (unpaired) electrons. The van der Waals surface area contributed by atoms with Crippen LogP contribution >= 0.6 is 0 Å². The maximum atomic E-state index is 12.1. The van der Waals surface area contributed by atoms with Crippen LogP contribution in [-0.4, -0.2) is 29.3 Å². The fourth-order valence-electron chi connectivity index (χ4n) is 2.92. The van der Waals surface area contributed by atoms with E-state index in [-0.39, 0.29) is 29.8 Å². The number of rotatable bonds is 3. The SMILES string of the molecule is CCN1C(=O)N[C@@H](c2ccccc2)[C@H](C(C)=O)[C@H]1C. The van der Waals surface area contributed by atoms with Gasteiger partial charge in [-0.15, -0.1) is 0 Å². The van der Waals surface area contributed by atoms with Gasteiger partial charge < -0.3 is 10.2 Å². The largest absolute Gasteiger partial charge is 0.330 e. The molecule has 1 aliphatic rings. The van der Waals surface area contributed by atoms with E-state index in [0.717, 1.165) is 5.56 Å². The number of amides is 2. The fraction of sp³-hybridized carbons (Fsp3) is 0.467. The quantitative estimate of drug-likeness (QED) is 0.907. The maximum Gasteiger partial charge on any atom is 0.318 e. The van der Waals surface area contributed by atoms with Gasteiger partial charge in [0.05, 0.1) is 12.0 Å². The van der Waals surface area contributed by atoms with Crippen molar-refractivity contribution < 1.29 is 9.59 Å². The Kier molecular flexibility index (Phi) is 3.88. The first-order valence-corrected chi connectivity index (χ1v) is 6.68. The third kappa shape index (κ3) is 2.48. The first-order valence-electron chi connectivity index (χ1n) is 6.68. The van der Waals surface area contributed by atoms with Gasteiger partial charge in [0.2, 0.25) is 0 Å². The number of Topliss-reactive ketones (excluding diaryl/α,β-unsaturated/α-hetero) is 1. The van der Waals surface area contributed by atoms with Crippen LogP contribution in [0.1, 0.15) is 32.4 Å². The van der Waals surface area contributed by atoms with Gasteiger partial charge in [-0.25, -0.2) is 4.79 Å². The molecule has 0 saturated carbocycles. The second-order valence-corrected chi connectivity index (χ2v) is 5.00. The number of benzene rings is 1. The first-order chi connectivity index (χ1) is 9.06. The smallest absolute Gasteiger partial charge is 0.318 e. The third-order valence-corrected chi connectivity index (χ3v) is 3.88. The van der Waals surface area contributed by atoms with Crippen molar-refractivity contribution in [3.05, 3.63) is 35.9 Å². The summed E-state index contributed by atoms with van der Waals surface area (Å²) in [7, 11) is 0. The summed E-state index contributed by atoms with van der Waals surface area (Å²) in [6.07, 6.45) is 0. The van der Waals surface area contributed by atoms with Crippen molar-refractivity contribution in [2.24, 2.45) is 5.92 Å². The van der Waals surface area contributed by atoms with E-state index in [0.29, 0.717) is 6.54 Å². The molecule has 0 unspecified atom stereocenters. The van der Waals surface area contributed by atoms with Gasteiger partial charge in [-0.1, -0.05) is 30.3 Å². The molecule has 1 aromatic rings. The molecule has 1 N–H and O–H groups in total. The van der Waals surface area contributed by atoms with Gasteiger partial charge in [0.1, 0.15) is 5.78 Å². The topological polar surface area (TPSA) is 49.4 Å². The Bertz CT molecular complexity index is 472. The molecule has 1 aromatic carbocycles. The highest BCUT2D eigenvalue weighted by molar-refractivity contribution is 5.85. The molecule has 4 heteroatoms. The molecule has 19 heavy (non-hydrogen) atoms. The second kappa shape index (κ2) is 5.43. The molecule has 1 aliphatic heterocycles. The second-order valence-electron chi connectivity index (χ2n) is 5.00. The molecular formula is C15H20N2O2. The maximum absolute atomic E-state index is 12.1. The minimum absolute atomic E-state index is 0.0820. The molecule has 0 spiro atoms. The summed E-state index contributed by atoms with van der Waals surface area (Å²) in [5, 5.41) is 2.96. The zero-order valence-electron chi connectivity index (χ0n) is 11.6. The van der Waals surface area contributed by atoms with Gasteiger partial charge in [0.25, 0.3) is 0 Å². The van der Waals surface area contributed by atoms with Crippen molar-refractivity contribution in [2.45, 2.75) is 32.9 Å². The molecule has 1 saturated heterocycles. The van der Waals surface area contributed by atoms with Gasteiger partial charge in [-0.05, 0) is 26.3 Å². The van der Waals surface area contributed by atoms with Crippen molar-refractivity contribution in [1.29, 1.82) is 0 Å². The Balaban J connectivity index is 2.37. The number of ketones is 1. The Labute approximate surface area is 113 Å². The standard InChI is InChI=1S/C15H20N2O2/c1-4-17-10(2)13(11(3)18)14(16-15(17)19)12-8-6-5-7-9-12/h5-10,13-14H,4H2,1-3H3,(H,16,19)/t10-,13+,14+/m1/s1. The van der Waals surface area contributed by atoms with Crippen molar-refractivity contribution in [3.63, 3.8) is 0 Å². The van der Waals surface area contributed by atoms with E-state index in [1.165, 1.54) is 0 Å². The van der Waals surface area contributed by atoms with Crippen molar-refractivity contribution in [3.8, 4) is 0 Å². The zero-order valence-corrected chi connectivity index (χ0v) is 11.6. The molecule has 2 amide bonds. The van der Waals surface area contributed by atoms with Crippen LogP contribution < -0.4 is 5.32 Å². The van der Waals surface area contributed by atoms with Crippen LogP contribution in [0.3, 0.4) is 0 Å². The fourth-order valence-corrected chi connectivity index (χ4v) is 2.92. The number of carbonyl (C=O) groups is 2. The van der Waals surface area contributed by atoms with E-state index in [9.17, 15) is 9.59 Å². The lowest BCUT2D eigenvalue weighted by atomic mass is 9.82. The van der Waals surface area contributed by atoms with E-state index < -0.39 is 0 Å². The third-order valence-electron chi connectivity index (χ3n) is 3.88. The lowest BCUT2D eigenvalue weighted by molar-refractivity contribution is -0.124. The highest BCUT2D eigenvalue weighted by Gasteiger charge is 2.41. The Morgan fingerprint density at radius 3 is 2.47 bits per heavy atom. The Hall–Kier alpha value is -1.84. The summed E-state index contributed by atoms with van der Waals surface area (Å²) >= 11 is 0. The highest BCUT2D eigenvalue weighted by atomic mass is 16.2. The van der Waals surface area contributed by atoms with Gasteiger partial charge >= 0.3 is 6.03 Å². The molecule has 4 nitrogen and oxygen atoms in total. The number of carbonyl (C=O) groups excluding carboxylic acids is 2. The van der Waals surface area contributed by atoms with E-state index in [4.69, 9.17) is 0 Å². The van der Waals surface area contributed by atoms with Crippen LogP contribution in [0.2, 0.25) is 0 Å². The zero-order chi connectivity index (χ0) is 14.0. The predicted molar refractivity (Wildman–Crippen MR) is 73.7 cm³/mol. The van der Waals surface area contributed by atoms with E-state index >= 15 is 0 Å². The summed E-state index contributed by atoms with van der Waals surface area (Å²) in [4.78, 5) is 25.8. The van der Waals surface area contributed by atoms with Crippen LogP contribution in [0.5, 0.6) is 0 Å². The minimum atomic E-state index is -0.232. The van der Waals surface area contributed by atoms with E-state index in [2.05, 4.69) is 5.32 Å². The average molecular weight is 260 g/mol. The molecular weight excluding hydrogens is 240 g/mol. The van der Waals surface area contributed by atoms with E-state index in [1.807, 2.05) is 44.2 Å². The number of hydrogen-bond acceptors (Lipinski definition) is 2. The van der Waals surface area contributed by atoms with Crippen LogP contribution in [0.15, 0.2) is 30.3 Å². The molecule has 102 valence electrons. The van der Waals surface area contributed by atoms with Gasteiger partial charge in [0, 0.05) is 12.6 Å². The van der Waals surface area contributed by atoms with Gasteiger partial charge in [-0.2, -0.15) is 0 Å². The van der Waals surface area contributed by atoms with Crippen LogP contribution in [0.4, 0.5) is 4.79 Å². The lowest BCUT2D eigenvalue weighted by Gasteiger charge is -2.43. The van der Waals surface area contributed by atoms with Crippen molar-refractivity contribution >= 4 is 11.8 Å². The number of hydrogen-bond donors (Lipinski definition) is 1. The summed E-state index contributed by atoms with van der Waals surface area (Å²) in [6.45, 7) is 6.08. The monoisotopic (exact) mass is 260 g/mol. The molecule has 1 heterocycles. The van der Waals surface area contributed by atoms with E-state index in [1.54, 1.807) is 11.8 Å². The summed E-state index contributed by atoms with van der Waals surface area (Å²) in [5.41, 5.74) is 0.985. The minimum Gasteiger partial charge on any atom is -0.330 e. The van der Waals surface area contributed by atoms with Crippen molar-refractivity contribution in [1.82, 2.24) is 10.2 Å². The number of urea groups is 1. The first kappa shape index (κ1) is 13.6. The normalized spacial score (nSPS) is 27.0. The van der Waals surface area contributed by atoms with Gasteiger partial charge in [-0.3, -0.25) is 4.79 Å². The molecule has 0 aliphatic carbocycles. The Morgan fingerprint density at radius 2 is 1.95 bits per heavy atom. The molecule has 3 atom stereocenters. The summed E-state index contributed by atoms with van der Waals surface area (Å²) < 4.78 is 0. The predicted octanol–water partition coefficient (Wildman–Crippen LogP) is 2.37. The highest BCUT2D eigenvalue weighted by Crippen LogP contribution is 2.32. The van der Waals surface area contributed by atoms with Gasteiger partial charge in [0.15, 0.2) is 0 Å². The van der Waals surface area contributed by atoms with Crippen LogP contribution in [0.25, 0.3) is 0 Å². The lowest BCUT2D eigenvalue weighted by Crippen LogP contribution is -2.59. The Morgan fingerprint density at radius 1 is 1.32 bits per heavy atom. The van der Waals surface area contributed by atoms with Crippen LogP contribution in [0, 0.1) is 5.92 Å².